The normalized spacial score (nSPS) is 28.0. The van der Waals surface area contributed by atoms with Gasteiger partial charge in [0.1, 0.15) is 5.75 Å². The molecule has 0 radical (unpaired) electrons. The number of hydrogen-bond donors (Lipinski definition) is 1. The zero-order valence-electron chi connectivity index (χ0n) is 19.2. The van der Waals surface area contributed by atoms with E-state index in [1.807, 2.05) is 67.6 Å². The fourth-order valence-electron chi connectivity index (χ4n) is 5.99. The van der Waals surface area contributed by atoms with Crippen LogP contribution in [0.5, 0.6) is 5.75 Å². The first-order chi connectivity index (χ1) is 15.4. The fraction of sp³-hybridized carbons (Fsp3) is 0.444. The number of phenols is 1. The highest BCUT2D eigenvalue weighted by Crippen LogP contribution is 2.54. The van der Waals surface area contributed by atoms with Gasteiger partial charge >= 0.3 is 0 Å². The van der Waals surface area contributed by atoms with Crippen LogP contribution < -0.4 is 0 Å². The topological polar surface area (TPSA) is 53.0 Å². The van der Waals surface area contributed by atoms with Crippen LogP contribution in [0.15, 0.2) is 67.3 Å². The number of rotatable bonds is 6. The second-order valence-corrected chi connectivity index (χ2v) is 9.28. The van der Waals surface area contributed by atoms with E-state index in [0.717, 1.165) is 50.9 Å². The maximum atomic E-state index is 13.2. The number of aromatic hydroxyl groups is 1. The number of phenolic OH excluding ortho intramolecular Hbond substituents is 1. The average Bonchev–Trinajstić information content (AvgIpc) is 2.83. The van der Waals surface area contributed by atoms with Crippen LogP contribution in [0.1, 0.15) is 41.6 Å². The number of likely N-dealkylation sites (tertiary alicyclic amines) is 1. The first-order valence-electron chi connectivity index (χ1n) is 11.4. The lowest BCUT2D eigenvalue weighted by atomic mass is 9.55. The second kappa shape index (κ2) is 9.08. The minimum atomic E-state index is -0.380. The van der Waals surface area contributed by atoms with E-state index in [0.29, 0.717) is 5.56 Å². The Labute approximate surface area is 191 Å². The number of carbonyl (C=O) groups excluding carboxylic acids is 1. The van der Waals surface area contributed by atoms with E-state index in [1.54, 1.807) is 6.07 Å². The Kier molecular flexibility index (Phi) is 6.40. The Balaban J connectivity index is 1.71. The van der Waals surface area contributed by atoms with Crippen molar-refractivity contribution in [3.63, 3.8) is 0 Å². The van der Waals surface area contributed by atoms with Crippen molar-refractivity contribution in [2.75, 3.05) is 33.8 Å². The Hall–Kier alpha value is -2.63. The molecule has 2 fully saturated rings. The molecular weight excluding hydrogens is 400 g/mol. The highest BCUT2D eigenvalue weighted by molar-refractivity contribution is 5.94. The van der Waals surface area contributed by atoms with Gasteiger partial charge < -0.3 is 14.7 Å². The van der Waals surface area contributed by atoms with E-state index in [9.17, 15) is 9.90 Å². The Morgan fingerprint density at radius 2 is 2.03 bits per heavy atom. The Morgan fingerprint density at radius 1 is 1.25 bits per heavy atom. The van der Waals surface area contributed by atoms with Crippen LogP contribution in [0.4, 0.5) is 0 Å². The lowest BCUT2D eigenvalue weighted by molar-refractivity contribution is -0.151. The highest BCUT2D eigenvalue weighted by atomic mass is 16.5. The third-order valence-electron chi connectivity index (χ3n) is 7.74. The number of amides is 1. The first kappa shape index (κ1) is 22.6. The zero-order chi connectivity index (χ0) is 22.8. The zero-order valence-corrected chi connectivity index (χ0v) is 19.2. The van der Waals surface area contributed by atoms with Gasteiger partial charge in [-0.15, -0.1) is 6.58 Å². The highest BCUT2D eigenvalue weighted by Gasteiger charge is 2.59. The standard InChI is InChI=1S/C27H34N2O3/c1-4-16-29-17-15-26(22-11-8-12-24(30)18-22)19-23(13-14-27(26,20-29)32-3)28(2)25(31)21-9-6-5-7-10-21/h4-12,18,23,30H,1,13-17,19-20H2,2-3H3/t23-,26+,27+/m1/s1. The minimum Gasteiger partial charge on any atom is -0.508 e. The maximum absolute atomic E-state index is 13.2. The molecule has 1 aliphatic carbocycles. The molecule has 1 saturated carbocycles. The number of ether oxygens (including phenoxy) is 1. The summed E-state index contributed by atoms with van der Waals surface area (Å²) in [6.07, 6.45) is 5.39. The van der Waals surface area contributed by atoms with E-state index in [4.69, 9.17) is 4.74 Å². The molecule has 0 aromatic heterocycles. The van der Waals surface area contributed by atoms with Gasteiger partial charge in [0.2, 0.25) is 0 Å². The second-order valence-electron chi connectivity index (χ2n) is 9.28. The van der Waals surface area contributed by atoms with Crippen LogP contribution >= 0.6 is 0 Å². The van der Waals surface area contributed by atoms with E-state index in [-0.39, 0.29) is 28.7 Å². The summed E-state index contributed by atoms with van der Waals surface area (Å²) in [5.41, 5.74) is 1.15. The van der Waals surface area contributed by atoms with Crippen LogP contribution in [-0.4, -0.2) is 66.2 Å². The van der Waals surface area contributed by atoms with Crippen LogP contribution in [0, 0.1) is 0 Å². The molecule has 5 heteroatoms. The van der Waals surface area contributed by atoms with Crippen molar-refractivity contribution in [3.05, 3.63) is 78.4 Å². The summed E-state index contributed by atoms with van der Waals surface area (Å²) in [5, 5.41) is 10.3. The Bertz CT molecular complexity index is 962. The average molecular weight is 435 g/mol. The third-order valence-corrected chi connectivity index (χ3v) is 7.74. The summed E-state index contributed by atoms with van der Waals surface area (Å²) >= 11 is 0. The van der Waals surface area contributed by atoms with Gasteiger partial charge in [0.15, 0.2) is 0 Å². The van der Waals surface area contributed by atoms with E-state index >= 15 is 0 Å². The minimum absolute atomic E-state index is 0.0515. The predicted molar refractivity (Wildman–Crippen MR) is 127 cm³/mol. The molecular formula is C27H34N2O3. The van der Waals surface area contributed by atoms with Crippen LogP contribution in [0.2, 0.25) is 0 Å². The molecule has 1 aliphatic heterocycles. The van der Waals surface area contributed by atoms with Gasteiger partial charge in [-0.1, -0.05) is 36.4 Å². The third kappa shape index (κ3) is 3.84. The van der Waals surface area contributed by atoms with Gasteiger partial charge in [0.05, 0.1) is 5.60 Å². The first-order valence-corrected chi connectivity index (χ1v) is 11.4. The molecule has 2 aliphatic rings. The lowest BCUT2D eigenvalue weighted by Gasteiger charge is -2.60. The molecule has 170 valence electrons. The maximum Gasteiger partial charge on any atom is 0.253 e. The number of hydrogen-bond acceptors (Lipinski definition) is 4. The number of nitrogens with zero attached hydrogens (tertiary/aromatic N) is 2. The summed E-state index contributed by atoms with van der Waals surface area (Å²) in [5.74, 6) is 0.321. The summed E-state index contributed by atoms with van der Waals surface area (Å²) < 4.78 is 6.37. The van der Waals surface area contributed by atoms with Gasteiger partial charge in [-0.2, -0.15) is 0 Å². The van der Waals surface area contributed by atoms with Gasteiger partial charge in [0.25, 0.3) is 5.91 Å². The summed E-state index contributed by atoms with van der Waals surface area (Å²) in [4.78, 5) is 17.5. The smallest absolute Gasteiger partial charge is 0.253 e. The fourth-order valence-corrected chi connectivity index (χ4v) is 5.99. The molecule has 1 amide bonds. The van der Waals surface area contributed by atoms with Crippen molar-refractivity contribution >= 4 is 5.91 Å². The summed E-state index contributed by atoms with van der Waals surface area (Å²) in [6, 6.07) is 17.2. The number of piperidine rings is 1. The number of carbonyl (C=O) groups is 1. The molecule has 5 nitrogen and oxygen atoms in total. The van der Waals surface area contributed by atoms with Gasteiger partial charge in [-0.25, -0.2) is 0 Å². The number of benzene rings is 2. The van der Waals surface area contributed by atoms with Crippen LogP contribution in [-0.2, 0) is 10.2 Å². The van der Waals surface area contributed by atoms with Crippen LogP contribution in [0.25, 0.3) is 0 Å². The van der Waals surface area contributed by atoms with Gasteiger partial charge in [-0.3, -0.25) is 9.69 Å². The summed E-state index contributed by atoms with van der Waals surface area (Å²) in [6.45, 7) is 6.49. The van der Waals surface area contributed by atoms with Gasteiger partial charge in [-0.05, 0) is 62.1 Å². The lowest BCUT2D eigenvalue weighted by Crippen LogP contribution is -2.68. The van der Waals surface area contributed by atoms with Crippen molar-refractivity contribution in [1.82, 2.24) is 9.80 Å². The van der Waals surface area contributed by atoms with Crippen molar-refractivity contribution in [2.45, 2.75) is 42.7 Å². The quantitative estimate of drug-likeness (QED) is 0.692. The van der Waals surface area contributed by atoms with Crippen molar-refractivity contribution in [2.24, 2.45) is 0 Å². The van der Waals surface area contributed by atoms with E-state index in [2.05, 4.69) is 17.5 Å². The largest absolute Gasteiger partial charge is 0.508 e. The Morgan fingerprint density at radius 3 is 2.72 bits per heavy atom. The number of methoxy groups -OCH3 is 1. The molecule has 1 heterocycles. The van der Waals surface area contributed by atoms with E-state index in [1.165, 1.54) is 0 Å². The molecule has 2 aromatic rings. The van der Waals surface area contributed by atoms with Crippen LogP contribution in [0.3, 0.4) is 0 Å². The number of fused-ring (bicyclic) bond motifs is 1. The van der Waals surface area contributed by atoms with Crippen molar-refractivity contribution in [1.29, 1.82) is 0 Å². The molecule has 1 N–H and O–H groups in total. The predicted octanol–water partition coefficient (Wildman–Crippen LogP) is 4.23. The van der Waals surface area contributed by atoms with Gasteiger partial charge in [0, 0.05) is 44.3 Å². The molecule has 0 spiro atoms. The SMILES string of the molecule is C=CCN1CC[C@@]2(c3cccc(O)c3)C[C@H](N(C)C(=O)c3ccccc3)CC[C@]2(OC)C1. The molecule has 2 aromatic carbocycles. The van der Waals surface area contributed by atoms with Crippen molar-refractivity contribution < 1.29 is 14.6 Å². The monoisotopic (exact) mass is 434 g/mol. The molecule has 4 rings (SSSR count). The molecule has 1 saturated heterocycles. The van der Waals surface area contributed by atoms with Crippen molar-refractivity contribution in [3.8, 4) is 5.75 Å². The molecule has 32 heavy (non-hydrogen) atoms. The summed E-state index contributed by atoms with van der Waals surface area (Å²) in [7, 11) is 3.73. The molecule has 0 unspecified atom stereocenters. The molecule has 0 bridgehead atoms. The molecule has 3 atom stereocenters. The van der Waals surface area contributed by atoms with E-state index < -0.39 is 0 Å².